The van der Waals surface area contributed by atoms with Crippen molar-refractivity contribution in [1.29, 1.82) is 0 Å². The molecule has 3 rings (SSSR count). The fourth-order valence-electron chi connectivity index (χ4n) is 2.21. The highest BCUT2D eigenvalue weighted by atomic mass is 32.2. The number of thioether (sulfide) groups is 1. The number of amides is 1. The number of benzene rings is 1. The molecule has 7 heteroatoms. The summed E-state index contributed by atoms with van der Waals surface area (Å²) in [6.07, 6.45) is 1.64. The molecule has 24 heavy (non-hydrogen) atoms. The average Bonchev–Trinajstić information content (AvgIpc) is 2.52. The maximum Gasteiger partial charge on any atom is 0.355 e. The molecule has 0 bridgehead atoms. The maximum absolute atomic E-state index is 12.0. The molecule has 0 unspecified atom stereocenters. The van der Waals surface area contributed by atoms with E-state index in [1.165, 1.54) is 4.40 Å². The fourth-order valence-corrected chi connectivity index (χ4v) is 2.84. The Bertz CT molecular complexity index is 968. The zero-order valence-electron chi connectivity index (χ0n) is 13.3. The monoisotopic (exact) mass is 340 g/mol. The van der Waals surface area contributed by atoms with Crippen LogP contribution in [-0.2, 0) is 4.79 Å². The second kappa shape index (κ2) is 6.84. The molecule has 0 aliphatic rings. The van der Waals surface area contributed by atoms with Gasteiger partial charge < -0.3 is 5.32 Å². The molecule has 0 saturated heterocycles. The average molecular weight is 340 g/mol. The molecule has 0 aliphatic carbocycles. The molecule has 2 aromatic heterocycles. The van der Waals surface area contributed by atoms with E-state index in [-0.39, 0.29) is 11.7 Å². The van der Waals surface area contributed by atoms with Crippen LogP contribution in [0.2, 0.25) is 0 Å². The normalized spacial score (nSPS) is 10.8. The van der Waals surface area contributed by atoms with Crippen molar-refractivity contribution in [3.63, 3.8) is 0 Å². The van der Waals surface area contributed by atoms with Crippen molar-refractivity contribution in [3.8, 4) is 0 Å². The van der Waals surface area contributed by atoms with Crippen molar-refractivity contribution < 1.29 is 4.79 Å². The summed E-state index contributed by atoms with van der Waals surface area (Å²) in [7, 11) is 0. The lowest BCUT2D eigenvalue weighted by Crippen LogP contribution is -2.20. The Kier molecular flexibility index (Phi) is 4.61. The van der Waals surface area contributed by atoms with Gasteiger partial charge in [0, 0.05) is 11.9 Å². The number of carbonyl (C=O) groups excluding carboxylic acids is 1. The Morgan fingerprint density at radius 2 is 1.96 bits per heavy atom. The first-order chi connectivity index (χ1) is 11.5. The van der Waals surface area contributed by atoms with Crippen LogP contribution in [0.3, 0.4) is 0 Å². The van der Waals surface area contributed by atoms with Crippen molar-refractivity contribution in [2.24, 2.45) is 0 Å². The first-order valence-corrected chi connectivity index (χ1v) is 8.36. The van der Waals surface area contributed by atoms with Crippen molar-refractivity contribution in [3.05, 3.63) is 64.2 Å². The molecule has 1 amide bonds. The number of nitrogens with zero attached hydrogens (tertiary/aromatic N) is 3. The second-order valence-electron chi connectivity index (χ2n) is 5.43. The third-order valence-corrected chi connectivity index (χ3v) is 4.18. The molecule has 1 N–H and O–H groups in total. The van der Waals surface area contributed by atoms with E-state index in [9.17, 15) is 9.59 Å². The van der Waals surface area contributed by atoms with Crippen LogP contribution in [0.15, 0.2) is 52.5 Å². The molecule has 3 aromatic rings. The highest BCUT2D eigenvalue weighted by molar-refractivity contribution is 7.99. The lowest BCUT2D eigenvalue weighted by molar-refractivity contribution is -0.113. The molecule has 1 aromatic carbocycles. The van der Waals surface area contributed by atoms with E-state index in [2.05, 4.69) is 15.3 Å². The lowest BCUT2D eigenvalue weighted by Gasteiger charge is -2.06. The van der Waals surface area contributed by atoms with Crippen LogP contribution >= 0.6 is 11.8 Å². The molecule has 0 saturated carbocycles. The lowest BCUT2D eigenvalue weighted by atomic mass is 10.2. The van der Waals surface area contributed by atoms with E-state index in [1.54, 1.807) is 12.3 Å². The van der Waals surface area contributed by atoms with Crippen LogP contribution < -0.4 is 11.0 Å². The Labute approximate surface area is 143 Å². The van der Waals surface area contributed by atoms with Crippen LogP contribution in [0, 0.1) is 13.8 Å². The minimum Gasteiger partial charge on any atom is -0.325 e. The van der Waals surface area contributed by atoms with Crippen molar-refractivity contribution in [2.45, 2.75) is 19.0 Å². The van der Waals surface area contributed by atoms with Crippen LogP contribution in [0.5, 0.6) is 0 Å². The quantitative estimate of drug-likeness (QED) is 0.738. The molecule has 0 atom stereocenters. The third kappa shape index (κ3) is 3.80. The number of aryl methyl sites for hydroxylation is 2. The van der Waals surface area contributed by atoms with Gasteiger partial charge in [-0.25, -0.2) is 9.78 Å². The standard InChI is InChI=1S/C17H16N4O2S/c1-11-4-3-5-13(8-11)18-15(22)10-24-16-19-14-9-12(2)6-7-21(14)17(23)20-16/h3-9H,10H2,1-2H3,(H,18,22). The number of fused-ring (bicyclic) bond motifs is 1. The van der Waals surface area contributed by atoms with Gasteiger partial charge in [0.25, 0.3) is 0 Å². The number of rotatable bonds is 4. The molecule has 0 radical (unpaired) electrons. The van der Waals surface area contributed by atoms with Gasteiger partial charge in [-0.1, -0.05) is 23.9 Å². The molecule has 0 spiro atoms. The molecule has 0 aliphatic heterocycles. The number of carbonyl (C=O) groups is 1. The predicted octanol–water partition coefficient (Wildman–Crippen LogP) is 2.44. The molecule has 6 nitrogen and oxygen atoms in total. The highest BCUT2D eigenvalue weighted by Crippen LogP contribution is 2.14. The Morgan fingerprint density at radius 3 is 2.75 bits per heavy atom. The summed E-state index contributed by atoms with van der Waals surface area (Å²) in [6, 6.07) is 11.2. The van der Waals surface area contributed by atoms with Gasteiger partial charge in [0.2, 0.25) is 5.91 Å². The molecular formula is C17H16N4O2S. The van der Waals surface area contributed by atoms with E-state index in [1.807, 2.05) is 44.2 Å². The van der Waals surface area contributed by atoms with Crippen LogP contribution in [0.1, 0.15) is 11.1 Å². The summed E-state index contributed by atoms with van der Waals surface area (Å²) in [5.74, 6) is -0.0336. The Balaban J connectivity index is 1.71. The van der Waals surface area contributed by atoms with E-state index >= 15 is 0 Å². The number of aromatic nitrogens is 3. The van der Waals surface area contributed by atoms with Gasteiger partial charge in [-0.3, -0.25) is 9.20 Å². The van der Waals surface area contributed by atoms with E-state index in [0.717, 1.165) is 28.6 Å². The smallest absolute Gasteiger partial charge is 0.325 e. The zero-order chi connectivity index (χ0) is 17.1. The van der Waals surface area contributed by atoms with E-state index in [0.29, 0.717) is 10.8 Å². The van der Waals surface area contributed by atoms with Gasteiger partial charge in [-0.15, -0.1) is 0 Å². The summed E-state index contributed by atoms with van der Waals surface area (Å²) in [5, 5.41) is 3.11. The summed E-state index contributed by atoms with van der Waals surface area (Å²) in [5.41, 5.74) is 2.94. The Hall–Kier alpha value is -2.67. The summed E-state index contributed by atoms with van der Waals surface area (Å²) in [4.78, 5) is 32.2. The fraction of sp³-hybridized carbons (Fsp3) is 0.176. The van der Waals surface area contributed by atoms with Crippen LogP contribution in [0.4, 0.5) is 5.69 Å². The van der Waals surface area contributed by atoms with Gasteiger partial charge in [0.1, 0.15) is 5.65 Å². The SMILES string of the molecule is Cc1cccc(NC(=O)CSc2nc(=O)n3ccc(C)cc3n2)c1. The number of anilines is 1. The number of hydrogen-bond donors (Lipinski definition) is 1. The highest BCUT2D eigenvalue weighted by Gasteiger charge is 2.08. The molecule has 122 valence electrons. The number of pyridine rings is 1. The van der Waals surface area contributed by atoms with Crippen LogP contribution in [0.25, 0.3) is 5.65 Å². The number of hydrogen-bond acceptors (Lipinski definition) is 5. The van der Waals surface area contributed by atoms with Crippen molar-refractivity contribution in [1.82, 2.24) is 14.4 Å². The van der Waals surface area contributed by atoms with Gasteiger partial charge >= 0.3 is 5.69 Å². The van der Waals surface area contributed by atoms with E-state index < -0.39 is 5.69 Å². The second-order valence-corrected chi connectivity index (χ2v) is 6.37. The molecule has 2 heterocycles. The molecular weight excluding hydrogens is 324 g/mol. The Morgan fingerprint density at radius 1 is 1.17 bits per heavy atom. The molecule has 0 fully saturated rings. The topological polar surface area (TPSA) is 76.4 Å². The minimum atomic E-state index is -0.401. The van der Waals surface area contributed by atoms with Gasteiger partial charge in [0.15, 0.2) is 5.16 Å². The summed E-state index contributed by atoms with van der Waals surface area (Å²) in [6.45, 7) is 3.89. The summed E-state index contributed by atoms with van der Waals surface area (Å²) >= 11 is 1.14. The predicted molar refractivity (Wildman–Crippen MR) is 94.5 cm³/mol. The van der Waals surface area contributed by atoms with Gasteiger partial charge in [-0.05, 0) is 49.2 Å². The van der Waals surface area contributed by atoms with Crippen molar-refractivity contribution in [2.75, 3.05) is 11.1 Å². The number of nitrogens with one attached hydrogen (secondary N) is 1. The third-order valence-electron chi connectivity index (χ3n) is 3.33. The van der Waals surface area contributed by atoms with Gasteiger partial charge in [0.05, 0.1) is 5.75 Å². The summed E-state index contributed by atoms with van der Waals surface area (Å²) < 4.78 is 1.38. The van der Waals surface area contributed by atoms with E-state index in [4.69, 9.17) is 0 Å². The largest absolute Gasteiger partial charge is 0.355 e. The first-order valence-electron chi connectivity index (χ1n) is 7.38. The zero-order valence-corrected chi connectivity index (χ0v) is 14.1. The minimum absolute atomic E-state index is 0.134. The van der Waals surface area contributed by atoms with Crippen molar-refractivity contribution >= 4 is 29.0 Å². The first kappa shape index (κ1) is 16.2. The van der Waals surface area contributed by atoms with Crippen LogP contribution in [-0.4, -0.2) is 26.0 Å². The maximum atomic E-state index is 12.0. The van der Waals surface area contributed by atoms with Gasteiger partial charge in [-0.2, -0.15) is 4.98 Å².